The number of anilines is 1. The van der Waals surface area contributed by atoms with Crippen LogP contribution in [-0.2, 0) is 0 Å². The Labute approximate surface area is 118 Å². The second-order valence-electron chi connectivity index (χ2n) is 5.24. The van der Waals surface area contributed by atoms with Crippen molar-refractivity contribution in [2.24, 2.45) is 0 Å². The number of hydrogen-bond acceptors (Lipinski definition) is 3. The number of aromatic nitrogens is 3. The summed E-state index contributed by atoms with van der Waals surface area (Å²) in [5.41, 5.74) is 3.15. The van der Waals surface area contributed by atoms with E-state index in [0.29, 0.717) is 5.92 Å². The normalized spacial score (nSPS) is 11.2. The second-order valence-corrected chi connectivity index (χ2v) is 5.24. The summed E-state index contributed by atoms with van der Waals surface area (Å²) in [6.07, 6.45) is 1.99. The Bertz CT molecular complexity index is 743. The molecule has 0 bridgehead atoms. The van der Waals surface area contributed by atoms with Gasteiger partial charge in [-0.2, -0.15) is 0 Å². The van der Waals surface area contributed by atoms with E-state index in [1.165, 1.54) is 10.8 Å². The molecule has 102 valence electrons. The summed E-state index contributed by atoms with van der Waals surface area (Å²) in [4.78, 5) is 0. The molecule has 0 radical (unpaired) electrons. The fraction of sp³-hybridized carbons (Fsp3) is 0.250. The lowest BCUT2D eigenvalue weighted by Gasteiger charge is -2.05. The van der Waals surface area contributed by atoms with Crippen molar-refractivity contribution in [3.05, 3.63) is 48.3 Å². The van der Waals surface area contributed by atoms with E-state index in [1.54, 1.807) is 0 Å². The molecule has 0 fully saturated rings. The zero-order valence-corrected chi connectivity index (χ0v) is 12.0. The fourth-order valence-electron chi connectivity index (χ4n) is 2.20. The number of benzene rings is 2. The lowest BCUT2D eigenvalue weighted by molar-refractivity contribution is 0.776. The van der Waals surface area contributed by atoms with Crippen LogP contribution < -0.4 is 5.32 Å². The van der Waals surface area contributed by atoms with E-state index in [4.69, 9.17) is 0 Å². The Morgan fingerprint density at radius 2 is 1.85 bits per heavy atom. The van der Waals surface area contributed by atoms with Crippen LogP contribution >= 0.6 is 0 Å². The van der Waals surface area contributed by atoms with Crippen LogP contribution in [0.1, 0.15) is 25.5 Å². The maximum atomic E-state index is 4.21. The van der Waals surface area contributed by atoms with Crippen LogP contribution in [0, 0.1) is 0 Å². The summed E-state index contributed by atoms with van der Waals surface area (Å²) in [7, 11) is 1.93. The Morgan fingerprint density at radius 3 is 2.55 bits per heavy atom. The van der Waals surface area contributed by atoms with E-state index < -0.39 is 0 Å². The number of rotatable bonds is 3. The quantitative estimate of drug-likeness (QED) is 0.788. The maximum absolute atomic E-state index is 4.21. The van der Waals surface area contributed by atoms with Gasteiger partial charge in [0, 0.05) is 12.7 Å². The molecule has 0 atom stereocenters. The first-order valence-corrected chi connectivity index (χ1v) is 6.81. The molecular formula is C16H18N4. The van der Waals surface area contributed by atoms with Crippen LogP contribution in [0.2, 0.25) is 0 Å². The van der Waals surface area contributed by atoms with Crippen LogP contribution in [0.4, 0.5) is 5.69 Å². The van der Waals surface area contributed by atoms with Gasteiger partial charge in [0.05, 0.1) is 17.6 Å². The zero-order chi connectivity index (χ0) is 14.1. The molecule has 0 spiro atoms. The van der Waals surface area contributed by atoms with Gasteiger partial charge in [-0.1, -0.05) is 31.2 Å². The van der Waals surface area contributed by atoms with E-state index in [-0.39, 0.29) is 0 Å². The molecule has 3 aromatic rings. The van der Waals surface area contributed by atoms with E-state index in [9.17, 15) is 0 Å². The summed E-state index contributed by atoms with van der Waals surface area (Å²) in [5, 5.41) is 14.0. The molecule has 0 aliphatic heterocycles. The molecule has 1 N–H and O–H groups in total. The molecule has 4 nitrogen and oxygen atoms in total. The topological polar surface area (TPSA) is 42.7 Å². The van der Waals surface area contributed by atoms with Crippen molar-refractivity contribution >= 4 is 16.5 Å². The molecule has 2 aromatic carbocycles. The molecule has 3 rings (SSSR count). The van der Waals surface area contributed by atoms with Crippen molar-refractivity contribution in [3.8, 4) is 5.69 Å². The van der Waals surface area contributed by atoms with Gasteiger partial charge < -0.3 is 5.32 Å². The van der Waals surface area contributed by atoms with Crippen molar-refractivity contribution in [3.63, 3.8) is 0 Å². The van der Waals surface area contributed by atoms with Crippen LogP contribution in [0.5, 0.6) is 0 Å². The summed E-state index contributed by atoms with van der Waals surface area (Å²) in [6.45, 7) is 4.24. The molecule has 20 heavy (non-hydrogen) atoms. The smallest absolute Gasteiger partial charge is 0.0857 e. The highest BCUT2D eigenvalue weighted by Crippen LogP contribution is 2.22. The fourth-order valence-corrected chi connectivity index (χ4v) is 2.20. The first-order chi connectivity index (χ1) is 9.67. The molecule has 1 aromatic heterocycles. The maximum Gasteiger partial charge on any atom is 0.0857 e. The molecule has 0 saturated heterocycles. The lowest BCUT2D eigenvalue weighted by Crippen LogP contribution is -1.95. The van der Waals surface area contributed by atoms with Crippen LogP contribution in [0.25, 0.3) is 16.5 Å². The monoisotopic (exact) mass is 266 g/mol. The molecule has 4 heteroatoms. The molecule has 0 aliphatic rings. The molecule has 0 unspecified atom stereocenters. The van der Waals surface area contributed by atoms with Gasteiger partial charge in [0.15, 0.2) is 0 Å². The average Bonchev–Trinajstić information content (AvgIpc) is 2.96. The van der Waals surface area contributed by atoms with Gasteiger partial charge in [-0.15, -0.1) is 5.10 Å². The van der Waals surface area contributed by atoms with Gasteiger partial charge in [0.25, 0.3) is 0 Å². The number of fused-ring (bicyclic) bond motifs is 1. The molecular weight excluding hydrogens is 248 g/mol. The number of nitrogens with one attached hydrogen (secondary N) is 1. The van der Waals surface area contributed by atoms with Crippen molar-refractivity contribution in [1.82, 2.24) is 15.0 Å². The third-order valence-corrected chi connectivity index (χ3v) is 3.48. The minimum absolute atomic E-state index is 0.389. The van der Waals surface area contributed by atoms with Crippen molar-refractivity contribution < 1.29 is 0 Å². The van der Waals surface area contributed by atoms with Gasteiger partial charge in [0.2, 0.25) is 0 Å². The van der Waals surface area contributed by atoms with Crippen LogP contribution in [0.3, 0.4) is 0 Å². The third-order valence-electron chi connectivity index (χ3n) is 3.48. The second kappa shape index (κ2) is 4.96. The van der Waals surface area contributed by atoms with Gasteiger partial charge in [0.1, 0.15) is 0 Å². The molecule has 0 amide bonds. The average molecular weight is 266 g/mol. The van der Waals surface area contributed by atoms with E-state index in [0.717, 1.165) is 17.1 Å². The first kappa shape index (κ1) is 12.7. The van der Waals surface area contributed by atoms with Crippen molar-refractivity contribution in [2.75, 3.05) is 12.4 Å². The van der Waals surface area contributed by atoms with Gasteiger partial charge in [-0.25, -0.2) is 4.68 Å². The van der Waals surface area contributed by atoms with Crippen molar-refractivity contribution in [2.45, 2.75) is 19.8 Å². The van der Waals surface area contributed by atoms with E-state index in [1.807, 2.05) is 17.9 Å². The largest absolute Gasteiger partial charge is 0.388 e. The standard InChI is InChI=1S/C16H18N4/c1-11(2)16-10-20(19-18-16)15-7-5-12-4-6-14(17-3)8-13(12)9-15/h4-11,17H,1-3H3. The third kappa shape index (κ3) is 2.25. The summed E-state index contributed by atoms with van der Waals surface area (Å²) < 4.78 is 1.83. The zero-order valence-electron chi connectivity index (χ0n) is 12.0. The predicted octanol–water partition coefficient (Wildman–Crippen LogP) is 3.59. The number of nitrogens with zero attached hydrogens (tertiary/aromatic N) is 3. The Balaban J connectivity index is 2.06. The number of hydrogen-bond donors (Lipinski definition) is 1. The van der Waals surface area contributed by atoms with Crippen molar-refractivity contribution in [1.29, 1.82) is 0 Å². The SMILES string of the molecule is CNc1ccc2ccc(-n3cc(C(C)C)nn3)cc2c1. The molecule has 0 saturated carbocycles. The summed E-state index contributed by atoms with van der Waals surface area (Å²) >= 11 is 0. The van der Waals surface area contributed by atoms with Crippen LogP contribution in [0.15, 0.2) is 42.6 Å². The Morgan fingerprint density at radius 1 is 1.05 bits per heavy atom. The lowest BCUT2D eigenvalue weighted by atomic mass is 10.1. The van der Waals surface area contributed by atoms with Gasteiger partial charge >= 0.3 is 0 Å². The summed E-state index contributed by atoms with van der Waals surface area (Å²) in [5.74, 6) is 0.389. The van der Waals surface area contributed by atoms with Gasteiger partial charge in [-0.3, -0.25) is 0 Å². The first-order valence-electron chi connectivity index (χ1n) is 6.81. The highest BCUT2D eigenvalue weighted by Gasteiger charge is 2.06. The van der Waals surface area contributed by atoms with Gasteiger partial charge in [-0.05, 0) is 41.0 Å². The Kier molecular flexibility index (Phi) is 3.14. The Hall–Kier alpha value is -2.36. The van der Waals surface area contributed by atoms with E-state index >= 15 is 0 Å². The van der Waals surface area contributed by atoms with E-state index in [2.05, 4.69) is 65.9 Å². The highest BCUT2D eigenvalue weighted by molar-refractivity contribution is 5.87. The van der Waals surface area contributed by atoms with Crippen LogP contribution in [-0.4, -0.2) is 22.0 Å². The molecule has 0 aliphatic carbocycles. The highest BCUT2D eigenvalue weighted by atomic mass is 15.4. The minimum Gasteiger partial charge on any atom is -0.388 e. The molecule has 1 heterocycles. The predicted molar refractivity (Wildman–Crippen MR) is 82.5 cm³/mol. The minimum atomic E-state index is 0.389. The summed E-state index contributed by atoms with van der Waals surface area (Å²) in [6, 6.07) is 12.6.